The summed E-state index contributed by atoms with van der Waals surface area (Å²) >= 11 is 0. The Hall–Kier alpha value is -2.61. The van der Waals surface area contributed by atoms with Gasteiger partial charge in [0, 0.05) is 18.2 Å². The maximum atomic E-state index is 12.5. The van der Waals surface area contributed by atoms with Crippen LogP contribution in [0.1, 0.15) is 11.1 Å². The van der Waals surface area contributed by atoms with Crippen LogP contribution >= 0.6 is 0 Å². The van der Waals surface area contributed by atoms with E-state index in [2.05, 4.69) is 0 Å². The Bertz CT molecular complexity index is 860. The highest BCUT2D eigenvalue weighted by Gasteiger charge is 2.24. The second-order valence-electron chi connectivity index (χ2n) is 4.86. The lowest BCUT2D eigenvalue weighted by molar-refractivity contribution is -0.385. The van der Waals surface area contributed by atoms with Crippen molar-refractivity contribution in [2.45, 2.75) is 18.7 Å². The van der Waals surface area contributed by atoms with Crippen molar-refractivity contribution in [1.29, 1.82) is 0 Å². The summed E-state index contributed by atoms with van der Waals surface area (Å²) in [5.74, 6) is 0.498. The summed E-state index contributed by atoms with van der Waals surface area (Å²) in [6.07, 6.45) is 0. The highest BCUT2D eigenvalue weighted by atomic mass is 32.2. The fraction of sp³-hybridized carbons (Fsp3) is 0.200. The van der Waals surface area contributed by atoms with E-state index in [1.807, 2.05) is 0 Å². The van der Waals surface area contributed by atoms with Gasteiger partial charge in [0.25, 0.3) is 5.69 Å². The van der Waals surface area contributed by atoms with Crippen LogP contribution < -0.4 is 8.92 Å². The molecule has 0 atom stereocenters. The third-order valence-electron chi connectivity index (χ3n) is 3.33. The summed E-state index contributed by atoms with van der Waals surface area (Å²) in [6.45, 7) is 3.17. The maximum Gasteiger partial charge on any atom is 0.339 e. The molecule has 0 aliphatic carbocycles. The van der Waals surface area contributed by atoms with Crippen LogP contribution in [0.5, 0.6) is 11.5 Å². The van der Waals surface area contributed by atoms with Gasteiger partial charge in [0.05, 0.1) is 12.0 Å². The van der Waals surface area contributed by atoms with Crippen LogP contribution in [0, 0.1) is 24.0 Å². The van der Waals surface area contributed by atoms with Crippen molar-refractivity contribution < 1.29 is 22.3 Å². The molecule has 2 aromatic carbocycles. The molecular weight excluding hydrogens is 322 g/mol. The minimum atomic E-state index is -4.21. The monoisotopic (exact) mass is 337 g/mol. The molecule has 0 aliphatic heterocycles. The van der Waals surface area contributed by atoms with Gasteiger partial charge >= 0.3 is 10.1 Å². The van der Waals surface area contributed by atoms with Crippen molar-refractivity contribution in [3.8, 4) is 11.5 Å². The average Bonchev–Trinajstić information content (AvgIpc) is 2.49. The van der Waals surface area contributed by atoms with Crippen molar-refractivity contribution in [3.63, 3.8) is 0 Å². The second kappa shape index (κ2) is 6.25. The predicted octanol–water partition coefficient (Wildman–Crippen LogP) is 2.99. The topological polar surface area (TPSA) is 95.7 Å². The minimum Gasteiger partial charge on any atom is -0.497 e. The molecule has 0 amide bonds. The van der Waals surface area contributed by atoms with E-state index in [9.17, 15) is 18.5 Å². The lowest BCUT2D eigenvalue weighted by atomic mass is 10.1. The Balaban J connectivity index is 2.49. The maximum absolute atomic E-state index is 12.5. The summed E-state index contributed by atoms with van der Waals surface area (Å²) in [5, 5.41) is 10.9. The van der Waals surface area contributed by atoms with Crippen LogP contribution in [0.4, 0.5) is 5.69 Å². The van der Waals surface area contributed by atoms with Gasteiger partial charge in [-0.1, -0.05) is 6.07 Å². The smallest absolute Gasteiger partial charge is 0.339 e. The van der Waals surface area contributed by atoms with E-state index in [0.717, 1.165) is 6.07 Å². The zero-order valence-corrected chi connectivity index (χ0v) is 13.6. The molecule has 0 unspecified atom stereocenters. The van der Waals surface area contributed by atoms with Crippen molar-refractivity contribution in [1.82, 2.24) is 0 Å². The van der Waals surface area contributed by atoms with Gasteiger partial charge in [-0.25, -0.2) is 0 Å². The van der Waals surface area contributed by atoms with E-state index in [4.69, 9.17) is 8.92 Å². The number of benzene rings is 2. The van der Waals surface area contributed by atoms with E-state index < -0.39 is 15.0 Å². The molecule has 0 bridgehead atoms. The number of hydrogen-bond donors (Lipinski definition) is 0. The molecule has 23 heavy (non-hydrogen) atoms. The van der Waals surface area contributed by atoms with Crippen molar-refractivity contribution in [2.24, 2.45) is 0 Å². The number of non-ortho nitro benzene ring substituents is 1. The molecule has 0 heterocycles. The minimum absolute atomic E-state index is 0.0629. The zero-order chi connectivity index (χ0) is 17.2. The molecule has 0 radical (unpaired) electrons. The summed E-state index contributed by atoms with van der Waals surface area (Å²) in [5.41, 5.74) is 0.589. The van der Waals surface area contributed by atoms with Crippen molar-refractivity contribution in [3.05, 3.63) is 57.6 Å². The lowest BCUT2D eigenvalue weighted by Crippen LogP contribution is -2.12. The standard InChI is InChI=1S/C15H15NO6S/c1-10-7-12(16(17)18)8-15(11(10)2)23(19,20)22-14-6-4-5-13(9-14)21-3/h4-9H,1-3H3. The Kier molecular flexibility index (Phi) is 4.55. The first-order valence-electron chi connectivity index (χ1n) is 6.59. The van der Waals surface area contributed by atoms with Crippen LogP contribution in [-0.2, 0) is 10.1 Å². The Labute approximate surface area is 133 Å². The van der Waals surface area contributed by atoms with Gasteiger partial charge in [0.15, 0.2) is 0 Å². The molecule has 122 valence electrons. The highest BCUT2D eigenvalue weighted by Crippen LogP contribution is 2.29. The number of hydrogen-bond acceptors (Lipinski definition) is 6. The van der Waals surface area contributed by atoms with E-state index >= 15 is 0 Å². The number of methoxy groups -OCH3 is 1. The quantitative estimate of drug-likeness (QED) is 0.473. The van der Waals surface area contributed by atoms with Gasteiger partial charge < -0.3 is 8.92 Å². The van der Waals surface area contributed by atoms with E-state index in [-0.39, 0.29) is 16.3 Å². The zero-order valence-electron chi connectivity index (χ0n) is 12.8. The van der Waals surface area contributed by atoms with Gasteiger partial charge in [-0.05, 0) is 37.1 Å². The third-order valence-corrected chi connectivity index (χ3v) is 4.71. The fourth-order valence-corrected chi connectivity index (χ4v) is 3.25. The first kappa shape index (κ1) is 16.8. The van der Waals surface area contributed by atoms with Crippen molar-refractivity contribution in [2.75, 3.05) is 7.11 Å². The Morgan fingerprint density at radius 2 is 1.74 bits per heavy atom. The Morgan fingerprint density at radius 3 is 2.35 bits per heavy atom. The first-order chi connectivity index (χ1) is 10.7. The molecule has 7 nitrogen and oxygen atoms in total. The summed E-state index contributed by atoms with van der Waals surface area (Å²) in [7, 11) is -2.76. The van der Waals surface area contributed by atoms with Crippen LogP contribution in [0.25, 0.3) is 0 Å². The average molecular weight is 337 g/mol. The van der Waals surface area contributed by atoms with Crippen LogP contribution in [0.3, 0.4) is 0 Å². The number of nitrogens with zero attached hydrogens (tertiary/aromatic N) is 1. The molecule has 0 saturated carbocycles. The largest absolute Gasteiger partial charge is 0.497 e. The molecule has 8 heteroatoms. The molecule has 0 aliphatic rings. The number of ether oxygens (including phenoxy) is 1. The highest BCUT2D eigenvalue weighted by molar-refractivity contribution is 7.87. The van der Waals surface area contributed by atoms with Crippen LogP contribution in [0.2, 0.25) is 0 Å². The summed E-state index contributed by atoms with van der Waals surface area (Å²) < 4.78 is 35.0. The number of nitro groups is 1. The van der Waals surface area contributed by atoms with Gasteiger partial charge in [-0.3, -0.25) is 10.1 Å². The molecule has 0 N–H and O–H groups in total. The van der Waals surface area contributed by atoms with E-state index in [1.54, 1.807) is 26.0 Å². The molecule has 0 spiro atoms. The van der Waals surface area contributed by atoms with E-state index in [1.165, 1.54) is 25.3 Å². The molecule has 2 aromatic rings. The van der Waals surface area contributed by atoms with Crippen LogP contribution in [-0.4, -0.2) is 20.5 Å². The summed E-state index contributed by atoms with van der Waals surface area (Å²) in [4.78, 5) is 10.1. The first-order valence-corrected chi connectivity index (χ1v) is 7.99. The molecule has 0 fully saturated rings. The third kappa shape index (κ3) is 3.59. The van der Waals surface area contributed by atoms with Crippen molar-refractivity contribution >= 4 is 15.8 Å². The van der Waals surface area contributed by atoms with Crippen LogP contribution in [0.15, 0.2) is 41.3 Å². The lowest BCUT2D eigenvalue weighted by Gasteiger charge is -2.11. The predicted molar refractivity (Wildman–Crippen MR) is 83.4 cm³/mol. The van der Waals surface area contributed by atoms with E-state index in [0.29, 0.717) is 16.9 Å². The van der Waals surface area contributed by atoms with Gasteiger partial charge in [0.1, 0.15) is 16.4 Å². The number of aryl methyl sites for hydroxylation is 1. The SMILES string of the molecule is COc1cccc(OS(=O)(=O)c2cc([N+](=O)[O-])cc(C)c2C)c1. The molecule has 2 rings (SSSR count). The van der Waals surface area contributed by atoms with Gasteiger partial charge in [0.2, 0.25) is 0 Å². The fourth-order valence-electron chi connectivity index (χ4n) is 2.00. The second-order valence-corrected chi connectivity index (χ2v) is 6.37. The normalized spacial score (nSPS) is 11.1. The molecule has 0 saturated heterocycles. The van der Waals surface area contributed by atoms with Gasteiger partial charge in [-0.2, -0.15) is 8.42 Å². The van der Waals surface area contributed by atoms with Gasteiger partial charge in [-0.15, -0.1) is 0 Å². The summed E-state index contributed by atoms with van der Waals surface area (Å²) in [6, 6.07) is 8.41. The Morgan fingerprint density at radius 1 is 1.09 bits per heavy atom. The number of nitro benzene ring substituents is 1. The number of rotatable bonds is 5. The molecule has 0 aromatic heterocycles. The molecular formula is C15H15NO6S.